The summed E-state index contributed by atoms with van der Waals surface area (Å²) in [6.07, 6.45) is -4.36. The lowest BCUT2D eigenvalue weighted by Gasteiger charge is -2.19. The number of sulfonamides is 1. The summed E-state index contributed by atoms with van der Waals surface area (Å²) in [4.78, 5) is 0. The fourth-order valence-corrected chi connectivity index (χ4v) is 4.34. The van der Waals surface area contributed by atoms with Gasteiger partial charge in [-0.2, -0.15) is 23.5 Å². The molecule has 1 aromatic heterocycles. The summed E-state index contributed by atoms with van der Waals surface area (Å²) < 4.78 is 65.1. The minimum absolute atomic E-state index is 0.208. The topological polar surface area (TPSA) is 105 Å². The Morgan fingerprint density at radius 2 is 1.86 bits per heavy atom. The summed E-state index contributed by atoms with van der Waals surface area (Å²) in [5.74, 6) is -0.525. The van der Waals surface area contributed by atoms with Gasteiger partial charge in [0.2, 0.25) is 10.0 Å². The smallest absolute Gasteiger partial charge is 0.382 e. The van der Waals surface area contributed by atoms with Gasteiger partial charge in [-0.25, -0.2) is 13.1 Å². The lowest BCUT2D eigenvalue weighted by atomic mass is 10.2. The maximum absolute atomic E-state index is 12.9. The van der Waals surface area contributed by atoms with Gasteiger partial charge in [0.05, 0.1) is 21.4 Å². The van der Waals surface area contributed by atoms with Crippen molar-refractivity contribution in [3.05, 3.63) is 33.4 Å². The number of benzene rings is 1. The van der Waals surface area contributed by atoms with Crippen LogP contribution in [0.4, 0.5) is 24.7 Å². The fourth-order valence-electron chi connectivity index (χ4n) is 2.44. The van der Waals surface area contributed by atoms with Crippen LogP contribution >= 0.6 is 23.2 Å². The maximum atomic E-state index is 12.9. The molecular formula is C15H14Cl2F3N5O2S. The molecule has 2 rings (SSSR count). The van der Waals surface area contributed by atoms with Gasteiger partial charge in [-0.05, 0) is 18.6 Å². The third kappa shape index (κ3) is 3.99. The highest BCUT2D eigenvalue weighted by atomic mass is 35.5. The minimum atomic E-state index is -4.68. The van der Waals surface area contributed by atoms with Crippen molar-refractivity contribution in [1.29, 1.82) is 5.26 Å². The van der Waals surface area contributed by atoms with Gasteiger partial charge in [-0.1, -0.05) is 30.1 Å². The normalized spacial score (nSPS) is 12.1. The Bertz CT molecular complexity index is 1040. The number of rotatable bonds is 5. The average Bonchev–Trinajstić information content (AvgIpc) is 2.89. The summed E-state index contributed by atoms with van der Waals surface area (Å²) in [6, 6.07) is 2.98. The molecule has 0 aliphatic carbocycles. The van der Waals surface area contributed by atoms with E-state index in [1.54, 1.807) is 13.0 Å². The molecule has 0 spiro atoms. The van der Waals surface area contributed by atoms with E-state index >= 15 is 0 Å². The monoisotopic (exact) mass is 455 g/mol. The lowest BCUT2D eigenvalue weighted by Crippen LogP contribution is -2.29. The summed E-state index contributed by atoms with van der Waals surface area (Å²) in [5.41, 5.74) is 4.10. The number of hydrogen-bond donors (Lipinski definition) is 1. The third-order valence-electron chi connectivity index (χ3n) is 3.75. The number of nitrogen functional groups attached to an aromatic ring is 1. The number of anilines is 2. The number of nitriles is 1. The van der Waals surface area contributed by atoms with Crippen molar-refractivity contribution in [2.24, 2.45) is 0 Å². The number of nitrogens with zero attached hydrogens (tertiary/aromatic N) is 4. The molecule has 0 radical (unpaired) electrons. The molecule has 1 heterocycles. The highest BCUT2D eigenvalue weighted by molar-refractivity contribution is 7.92. The van der Waals surface area contributed by atoms with Gasteiger partial charge in [0.15, 0.2) is 11.5 Å². The quantitative estimate of drug-likeness (QED) is 0.737. The van der Waals surface area contributed by atoms with Crippen LogP contribution < -0.4 is 10.0 Å². The molecule has 0 saturated heterocycles. The predicted molar refractivity (Wildman–Crippen MR) is 100 cm³/mol. The first-order valence-corrected chi connectivity index (χ1v) is 10.0. The molecule has 0 saturated carbocycles. The fraction of sp³-hybridized carbons (Fsp3) is 0.333. The first kappa shape index (κ1) is 22.1. The van der Waals surface area contributed by atoms with E-state index < -0.39 is 31.8 Å². The van der Waals surface area contributed by atoms with Crippen molar-refractivity contribution < 1.29 is 21.6 Å². The van der Waals surface area contributed by atoms with Gasteiger partial charge >= 0.3 is 6.18 Å². The van der Waals surface area contributed by atoms with Crippen molar-refractivity contribution in [1.82, 2.24) is 9.78 Å². The Hall–Kier alpha value is -2.16. The number of hydrogen-bond acceptors (Lipinski definition) is 5. The van der Waals surface area contributed by atoms with E-state index in [0.29, 0.717) is 18.6 Å². The molecule has 0 fully saturated rings. The van der Waals surface area contributed by atoms with Crippen molar-refractivity contribution in [2.45, 2.75) is 19.5 Å². The molecule has 0 unspecified atom stereocenters. The molecule has 0 aliphatic heterocycles. The molecule has 0 atom stereocenters. The molecule has 2 N–H and O–H groups in total. The Balaban J connectivity index is 2.71. The summed E-state index contributed by atoms with van der Waals surface area (Å²) >= 11 is 11.9. The van der Waals surface area contributed by atoms with E-state index in [0.717, 1.165) is 8.99 Å². The second-order valence-corrected chi connectivity index (χ2v) is 8.61. The van der Waals surface area contributed by atoms with Crippen LogP contribution in [-0.2, 0) is 16.2 Å². The second-order valence-electron chi connectivity index (χ2n) is 5.68. The van der Waals surface area contributed by atoms with Crippen LogP contribution in [0.15, 0.2) is 12.1 Å². The van der Waals surface area contributed by atoms with Gasteiger partial charge in [0, 0.05) is 7.05 Å². The maximum Gasteiger partial charge on any atom is 0.416 e. The zero-order valence-corrected chi connectivity index (χ0v) is 16.9. The predicted octanol–water partition coefficient (Wildman–Crippen LogP) is 3.83. The van der Waals surface area contributed by atoms with Crippen molar-refractivity contribution in [2.75, 3.05) is 22.8 Å². The van der Waals surface area contributed by atoms with Gasteiger partial charge in [-0.15, -0.1) is 0 Å². The molecule has 1 aromatic carbocycles. The van der Waals surface area contributed by atoms with Gasteiger partial charge in [0.25, 0.3) is 0 Å². The van der Waals surface area contributed by atoms with Crippen LogP contribution in [0.5, 0.6) is 0 Å². The highest BCUT2D eigenvalue weighted by Gasteiger charge is 2.33. The molecule has 28 heavy (non-hydrogen) atoms. The van der Waals surface area contributed by atoms with Crippen molar-refractivity contribution >= 4 is 44.7 Å². The van der Waals surface area contributed by atoms with Gasteiger partial charge < -0.3 is 5.73 Å². The van der Waals surface area contributed by atoms with Crippen LogP contribution in [0.3, 0.4) is 0 Å². The molecule has 0 amide bonds. The van der Waals surface area contributed by atoms with E-state index in [-0.39, 0.29) is 28.6 Å². The second kappa shape index (κ2) is 7.69. The Morgan fingerprint density at radius 3 is 2.29 bits per heavy atom. The van der Waals surface area contributed by atoms with E-state index in [1.165, 1.54) is 7.05 Å². The van der Waals surface area contributed by atoms with Crippen LogP contribution in [0.25, 0.3) is 5.69 Å². The highest BCUT2D eigenvalue weighted by Crippen LogP contribution is 2.40. The first-order valence-electron chi connectivity index (χ1n) is 7.67. The van der Waals surface area contributed by atoms with Crippen LogP contribution in [0.1, 0.15) is 24.6 Å². The molecule has 0 bridgehead atoms. The van der Waals surface area contributed by atoms with Gasteiger partial charge in [-0.3, -0.25) is 4.31 Å². The van der Waals surface area contributed by atoms with Crippen LogP contribution in [0, 0.1) is 11.3 Å². The van der Waals surface area contributed by atoms with E-state index in [9.17, 15) is 26.9 Å². The zero-order chi connectivity index (χ0) is 21.4. The van der Waals surface area contributed by atoms with E-state index in [2.05, 4.69) is 5.10 Å². The summed E-state index contributed by atoms with van der Waals surface area (Å²) in [6.45, 7) is 1.66. The van der Waals surface area contributed by atoms with Crippen LogP contribution in [-0.4, -0.2) is 31.0 Å². The Kier molecular flexibility index (Phi) is 6.08. The molecule has 0 aliphatic rings. The molecule has 152 valence electrons. The minimum Gasteiger partial charge on any atom is -0.382 e. The van der Waals surface area contributed by atoms with E-state index in [1.807, 2.05) is 0 Å². The summed E-state index contributed by atoms with van der Waals surface area (Å²) in [5, 5.41) is 12.3. The SMILES string of the molecule is CCCS(=O)(=O)N(C)c1c(C#N)nn(-c2c(Cl)cc(C(F)(F)F)cc2Cl)c1N. The number of aromatic nitrogens is 2. The molecule has 7 nitrogen and oxygen atoms in total. The average molecular weight is 456 g/mol. The van der Waals surface area contributed by atoms with Crippen molar-refractivity contribution in [3.63, 3.8) is 0 Å². The van der Waals surface area contributed by atoms with Crippen molar-refractivity contribution in [3.8, 4) is 11.8 Å². The first-order chi connectivity index (χ1) is 12.8. The largest absolute Gasteiger partial charge is 0.416 e. The lowest BCUT2D eigenvalue weighted by molar-refractivity contribution is -0.137. The Labute approximate surface area is 169 Å². The summed E-state index contributed by atoms with van der Waals surface area (Å²) in [7, 11) is -2.61. The number of halogens is 5. The number of nitrogens with two attached hydrogens (primary N) is 1. The third-order valence-corrected chi connectivity index (χ3v) is 6.27. The van der Waals surface area contributed by atoms with E-state index in [4.69, 9.17) is 28.9 Å². The Morgan fingerprint density at radius 1 is 1.32 bits per heavy atom. The van der Waals surface area contributed by atoms with Crippen LogP contribution in [0.2, 0.25) is 10.0 Å². The standard InChI is InChI=1S/C15H14Cl2F3N5O2S/c1-3-4-28(26,27)24(2)13-11(7-21)23-25(14(13)22)12-9(16)5-8(6-10(12)17)15(18,19)20/h5-6H,3-4,22H2,1-2H3. The van der Waals surface area contributed by atoms with Gasteiger partial charge in [0.1, 0.15) is 17.4 Å². The molecule has 2 aromatic rings. The molecule has 13 heteroatoms. The number of alkyl halides is 3. The zero-order valence-electron chi connectivity index (χ0n) is 14.5. The molecular weight excluding hydrogens is 442 g/mol.